The van der Waals surface area contributed by atoms with E-state index in [9.17, 15) is 0 Å². The predicted molar refractivity (Wildman–Crippen MR) is 239 cm³/mol. The van der Waals surface area contributed by atoms with Crippen molar-refractivity contribution in [3.8, 4) is 16.8 Å². The average Bonchev–Trinajstić information content (AvgIpc) is 3.94. The highest BCUT2D eigenvalue weighted by atomic mass is 32.1. The molecule has 262 valence electrons. The molecule has 0 bridgehead atoms. The van der Waals surface area contributed by atoms with Crippen LogP contribution >= 0.6 is 11.3 Å². The second-order valence-corrected chi connectivity index (χ2v) is 15.6. The molecular weight excluding hydrogens is 701 g/mol. The van der Waals surface area contributed by atoms with Crippen LogP contribution in [0.25, 0.3) is 91.5 Å². The first-order chi connectivity index (χ1) is 27.8. The van der Waals surface area contributed by atoms with Gasteiger partial charge in [0.25, 0.3) is 0 Å². The van der Waals surface area contributed by atoms with Crippen molar-refractivity contribution in [3.05, 3.63) is 194 Å². The largest absolute Gasteiger partial charge is 0.455 e. The molecule has 9 aromatic carbocycles. The summed E-state index contributed by atoms with van der Waals surface area (Å²) in [5, 5.41) is 9.70. The van der Waals surface area contributed by atoms with Crippen LogP contribution in [-0.4, -0.2) is 4.57 Å². The van der Waals surface area contributed by atoms with Gasteiger partial charge in [0.05, 0.1) is 11.0 Å². The Morgan fingerprint density at radius 1 is 0.429 bits per heavy atom. The van der Waals surface area contributed by atoms with Gasteiger partial charge < -0.3 is 13.9 Å². The number of aromatic nitrogens is 1. The summed E-state index contributed by atoms with van der Waals surface area (Å²) >= 11 is 1.85. The van der Waals surface area contributed by atoms with E-state index in [-0.39, 0.29) is 0 Å². The number of anilines is 3. The maximum absolute atomic E-state index is 6.55. The van der Waals surface area contributed by atoms with E-state index in [0.29, 0.717) is 0 Å². The molecule has 0 saturated carbocycles. The zero-order chi connectivity index (χ0) is 36.7. The van der Waals surface area contributed by atoms with Crippen molar-refractivity contribution in [1.82, 2.24) is 4.57 Å². The lowest BCUT2D eigenvalue weighted by Gasteiger charge is -2.26. The molecule has 0 aliphatic heterocycles. The second-order valence-electron chi connectivity index (χ2n) is 14.5. The van der Waals surface area contributed by atoms with Gasteiger partial charge in [-0.3, -0.25) is 0 Å². The number of rotatable bonds is 5. The molecule has 12 rings (SSSR count). The molecule has 0 radical (unpaired) electrons. The Labute approximate surface area is 326 Å². The first-order valence-corrected chi connectivity index (χ1v) is 19.8. The number of thiophene rings is 1. The molecule has 3 aromatic heterocycles. The SMILES string of the molecule is c1cc(N(c2ccc(-c3cccc4oc5c6ccccc6ccc5c34)cc2)c2ccc3c(c2)sc2ccccc23)cc(-n2c3ccccc3c3ccccc32)c1. The van der Waals surface area contributed by atoms with Crippen LogP contribution in [0, 0.1) is 0 Å². The van der Waals surface area contributed by atoms with E-state index in [4.69, 9.17) is 4.42 Å². The number of hydrogen-bond donors (Lipinski definition) is 0. The highest BCUT2D eigenvalue weighted by Crippen LogP contribution is 2.44. The molecule has 0 unspecified atom stereocenters. The monoisotopic (exact) mass is 732 g/mol. The fourth-order valence-electron chi connectivity index (χ4n) is 8.86. The zero-order valence-electron chi connectivity index (χ0n) is 30.2. The van der Waals surface area contributed by atoms with Crippen molar-refractivity contribution < 1.29 is 4.42 Å². The van der Waals surface area contributed by atoms with E-state index in [2.05, 4.69) is 204 Å². The minimum atomic E-state index is 0.901. The molecule has 0 amide bonds. The Bertz CT molecular complexity index is 3440. The molecule has 0 atom stereocenters. The van der Waals surface area contributed by atoms with Crippen LogP contribution in [0.4, 0.5) is 17.1 Å². The van der Waals surface area contributed by atoms with Crippen molar-refractivity contribution in [2.75, 3.05) is 4.90 Å². The lowest BCUT2D eigenvalue weighted by atomic mass is 9.98. The lowest BCUT2D eigenvalue weighted by Crippen LogP contribution is -2.10. The third-order valence-corrected chi connectivity index (χ3v) is 12.5. The Hall–Kier alpha value is -7.14. The van der Waals surface area contributed by atoms with Crippen LogP contribution in [0.5, 0.6) is 0 Å². The van der Waals surface area contributed by atoms with Gasteiger partial charge in [0, 0.05) is 69.9 Å². The number of para-hydroxylation sites is 2. The summed E-state index contributed by atoms with van der Waals surface area (Å²) in [7, 11) is 0. The molecule has 0 saturated heterocycles. The van der Waals surface area contributed by atoms with Gasteiger partial charge in [-0.05, 0) is 89.3 Å². The summed E-state index contributed by atoms with van der Waals surface area (Å²) in [6, 6.07) is 70.2. The van der Waals surface area contributed by atoms with Gasteiger partial charge >= 0.3 is 0 Å². The Kier molecular flexibility index (Phi) is 6.80. The smallest absolute Gasteiger partial charge is 0.143 e. The summed E-state index contributed by atoms with van der Waals surface area (Å²) in [6.45, 7) is 0. The van der Waals surface area contributed by atoms with Crippen LogP contribution < -0.4 is 4.90 Å². The number of hydrogen-bond acceptors (Lipinski definition) is 3. The first-order valence-electron chi connectivity index (χ1n) is 19.0. The van der Waals surface area contributed by atoms with Crippen LogP contribution in [0.1, 0.15) is 0 Å². The highest BCUT2D eigenvalue weighted by Gasteiger charge is 2.19. The fraction of sp³-hybridized carbons (Fsp3) is 0. The Morgan fingerprint density at radius 3 is 1.89 bits per heavy atom. The molecule has 12 aromatic rings. The number of benzene rings is 9. The van der Waals surface area contributed by atoms with Gasteiger partial charge in [-0.1, -0.05) is 121 Å². The van der Waals surface area contributed by atoms with Crippen molar-refractivity contribution in [2.45, 2.75) is 0 Å². The first kappa shape index (κ1) is 31.2. The Balaban J connectivity index is 1.03. The van der Waals surface area contributed by atoms with E-state index < -0.39 is 0 Å². The third kappa shape index (κ3) is 4.70. The average molecular weight is 733 g/mol. The normalized spacial score (nSPS) is 11.9. The van der Waals surface area contributed by atoms with Gasteiger partial charge in [-0.25, -0.2) is 0 Å². The standard InChI is InChI=1S/C52H32N2OS/c1-2-14-40-33(11-1)25-29-45-51-39(18-10-21-48(51)55-52(40)45)34-23-26-35(27-24-34)53(38-28-30-44-43-17-5-8-22-49(43)56-50(44)32-38)36-12-9-13-37(31-36)54-46-19-6-3-15-41(46)42-16-4-7-20-47(42)54/h1-32H. The van der Waals surface area contributed by atoms with Crippen LogP contribution in [0.3, 0.4) is 0 Å². The summed E-state index contributed by atoms with van der Waals surface area (Å²) in [5.74, 6) is 0. The molecule has 0 N–H and O–H groups in total. The number of fused-ring (bicyclic) bond motifs is 11. The number of nitrogens with zero attached hydrogens (tertiary/aromatic N) is 2. The maximum Gasteiger partial charge on any atom is 0.143 e. The van der Waals surface area contributed by atoms with Gasteiger partial charge in [-0.2, -0.15) is 0 Å². The van der Waals surface area contributed by atoms with Gasteiger partial charge in [-0.15, -0.1) is 11.3 Å². The van der Waals surface area contributed by atoms with Gasteiger partial charge in [0.2, 0.25) is 0 Å². The number of furan rings is 1. The summed E-state index contributed by atoms with van der Waals surface area (Å²) in [6.07, 6.45) is 0. The summed E-state index contributed by atoms with van der Waals surface area (Å²) in [4.78, 5) is 2.39. The third-order valence-electron chi connectivity index (χ3n) is 11.4. The molecule has 0 fully saturated rings. The quantitative estimate of drug-likeness (QED) is 0.176. The van der Waals surface area contributed by atoms with E-state index in [1.165, 1.54) is 47.4 Å². The van der Waals surface area contributed by atoms with Crippen molar-refractivity contribution in [2.24, 2.45) is 0 Å². The highest BCUT2D eigenvalue weighted by molar-refractivity contribution is 7.25. The minimum Gasteiger partial charge on any atom is -0.455 e. The molecule has 0 aliphatic rings. The molecule has 56 heavy (non-hydrogen) atoms. The molecule has 0 spiro atoms. The molecule has 3 heterocycles. The van der Waals surface area contributed by atoms with Crippen LogP contribution in [-0.2, 0) is 0 Å². The van der Waals surface area contributed by atoms with Crippen molar-refractivity contribution >= 4 is 103 Å². The summed E-state index contributed by atoms with van der Waals surface area (Å²) < 4.78 is 11.5. The predicted octanol–water partition coefficient (Wildman–Crippen LogP) is 15.3. The Morgan fingerprint density at radius 2 is 1.07 bits per heavy atom. The molecule has 0 aliphatic carbocycles. The van der Waals surface area contributed by atoms with E-state index in [1.807, 2.05) is 11.3 Å². The van der Waals surface area contributed by atoms with Crippen molar-refractivity contribution in [3.63, 3.8) is 0 Å². The minimum absolute atomic E-state index is 0.901. The van der Waals surface area contributed by atoms with Crippen molar-refractivity contribution in [1.29, 1.82) is 0 Å². The topological polar surface area (TPSA) is 21.3 Å². The van der Waals surface area contributed by atoms with Gasteiger partial charge in [0.1, 0.15) is 11.2 Å². The maximum atomic E-state index is 6.55. The summed E-state index contributed by atoms with van der Waals surface area (Å²) in [5.41, 5.74) is 11.0. The molecule has 4 heteroatoms. The van der Waals surface area contributed by atoms with Crippen LogP contribution in [0.15, 0.2) is 199 Å². The van der Waals surface area contributed by atoms with E-state index >= 15 is 0 Å². The molecular formula is C52H32N2OS. The van der Waals surface area contributed by atoms with Gasteiger partial charge in [0.15, 0.2) is 0 Å². The fourth-order valence-corrected chi connectivity index (χ4v) is 10.00. The molecule has 3 nitrogen and oxygen atoms in total. The van der Waals surface area contributed by atoms with E-state index in [0.717, 1.165) is 61.2 Å². The second kappa shape index (κ2) is 12.2. The lowest BCUT2D eigenvalue weighted by molar-refractivity contribution is 0.673. The van der Waals surface area contributed by atoms with Crippen LogP contribution in [0.2, 0.25) is 0 Å². The zero-order valence-corrected chi connectivity index (χ0v) is 31.0. The van der Waals surface area contributed by atoms with E-state index in [1.54, 1.807) is 0 Å².